The van der Waals surface area contributed by atoms with E-state index in [9.17, 15) is 9.59 Å². The molecule has 104 valence electrons. The topological polar surface area (TPSA) is 48.3 Å². The number of benzene rings is 1. The lowest BCUT2D eigenvalue weighted by Crippen LogP contribution is -2.52. The molecule has 0 amide bonds. The second-order valence-electron chi connectivity index (χ2n) is 5.46. The standard InChI is InChI=1S/C16H17NO3/c1-11-4-5-12-6-9-17(14(18)13(12)10-11)16(7-3-8-16)15(19)20-2/h4-6,9-10H,3,7-8H2,1-2H3. The first-order chi connectivity index (χ1) is 9.58. The van der Waals surface area contributed by atoms with E-state index < -0.39 is 5.54 Å². The number of carbonyl (C=O) groups is 1. The predicted octanol–water partition coefficient (Wildman–Crippen LogP) is 2.36. The van der Waals surface area contributed by atoms with E-state index in [1.807, 2.05) is 31.2 Å². The number of aromatic nitrogens is 1. The van der Waals surface area contributed by atoms with Gasteiger partial charge in [0.1, 0.15) is 5.54 Å². The lowest BCUT2D eigenvalue weighted by Gasteiger charge is -2.40. The van der Waals surface area contributed by atoms with Crippen LogP contribution in [0, 0.1) is 6.92 Å². The summed E-state index contributed by atoms with van der Waals surface area (Å²) in [6, 6.07) is 7.67. The van der Waals surface area contributed by atoms with Crippen molar-refractivity contribution in [2.24, 2.45) is 0 Å². The quantitative estimate of drug-likeness (QED) is 0.788. The van der Waals surface area contributed by atoms with Crippen molar-refractivity contribution >= 4 is 16.7 Å². The summed E-state index contributed by atoms with van der Waals surface area (Å²) in [5.41, 5.74) is 0.119. The molecule has 0 spiro atoms. The first-order valence-electron chi connectivity index (χ1n) is 6.79. The van der Waals surface area contributed by atoms with Crippen LogP contribution in [0.5, 0.6) is 0 Å². The Labute approximate surface area is 117 Å². The summed E-state index contributed by atoms with van der Waals surface area (Å²) in [6.45, 7) is 1.95. The molecule has 3 rings (SSSR count). The van der Waals surface area contributed by atoms with Gasteiger partial charge in [0.05, 0.1) is 7.11 Å². The van der Waals surface area contributed by atoms with Gasteiger partial charge in [0.25, 0.3) is 5.56 Å². The first kappa shape index (κ1) is 12.9. The number of ether oxygens (including phenoxy) is 1. The molecule has 1 aromatic carbocycles. The van der Waals surface area contributed by atoms with E-state index in [0.29, 0.717) is 18.2 Å². The molecule has 0 radical (unpaired) electrons. The van der Waals surface area contributed by atoms with Gasteiger partial charge in [-0.3, -0.25) is 9.36 Å². The van der Waals surface area contributed by atoms with Gasteiger partial charge in [-0.15, -0.1) is 0 Å². The second-order valence-corrected chi connectivity index (χ2v) is 5.46. The molecule has 1 fully saturated rings. The fourth-order valence-electron chi connectivity index (χ4n) is 2.94. The zero-order valence-electron chi connectivity index (χ0n) is 11.7. The molecule has 1 heterocycles. The summed E-state index contributed by atoms with van der Waals surface area (Å²) in [6.07, 6.45) is 3.98. The van der Waals surface area contributed by atoms with Crippen LogP contribution in [0.25, 0.3) is 10.8 Å². The van der Waals surface area contributed by atoms with Crippen LogP contribution < -0.4 is 5.56 Å². The SMILES string of the molecule is COC(=O)C1(n2ccc3ccc(C)cc3c2=O)CCC1. The number of carbonyl (C=O) groups excluding carboxylic acids is 1. The molecule has 0 bridgehead atoms. The molecule has 0 unspecified atom stereocenters. The number of hydrogen-bond acceptors (Lipinski definition) is 3. The Balaban J connectivity index is 2.24. The zero-order chi connectivity index (χ0) is 14.3. The van der Waals surface area contributed by atoms with E-state index in [0.717, 1.165) is 17.4 Å². The summed E-state index contributed by atoms with van der Waals surface area (Å²) in [5, 5.41) is 1.55. The van der Waals surface area contributed by atoms with Crippen LogP contribution >= 0.6 is 0 Å². The maximum atomic E-state index is 12.7. The normalized spacial score (nSPS) is 16.7. The zero-order valence-corrected chi connectivity index (χ0v) is 11.7. The molecule has 1 saturated carbocycles. The van der Waals surface area contributed by atoms with E-state index in [-0.39, 0.29) is 11.5 Å². The van der Waals surface area contributed by atoms with Gasteiger partial charge < -0.3 is 4.74 Å². The van der Waals surface area contributed by atoms with Crippen molar-refractivity contribution in [3.05, 3.63) is 46.4 Å². The minimum absolute atomic E-state index is 0.115. The summed E-state index contributed by atoms with van der Waals surface area (Å²) >= 11 is 0. The maximum absolute atomic E-state index is 12.7. The lowest BCUT2D eigenvalue weighted by atomic mass is 9.76. The van der Waals surface area contributed by atoms with Crippen molar-refractivity contribution in [1.82, 2.24) is 4.57 Å². The Bertz CT molecular complexity index is 741. The highest BCUT2D eigenvalue weighted by Gasteiger charge is 2.47. The van der Waals surface area contributed by atoms with Gasteiger partial charge >= 0.3 is 5.97 Å². The third-order valence-electron chi connectivity index (χ3n) is 4.27. The van der Waals surface area contributed by atoms with Gasteiger partial charge in [-0.2, -0.15) is 0 Å². The van der Waals surface area contributed by atoms with E-state index in [1.165, 1.54) is 7.11 Å². The molecular weight excluding hydrogens is 254 g/mol. The van der Waals surface area contributed by atoms with Crippen LogP contribution in [0.3, 0.4) is 0 Å². The summed E-state index contributed by atoms with van der Waals surface area (Å²) in [5.74, 6) is -0.321. The predicted molar refractivity (Wildman–Crippen MR) is 76.8 cm³/mol. The van der Waals surface area contributed by atoms with Crippen LogP contribution in [0.1, 0.15) is 24.8 Å². The van der Waals surface area contributed by atoms with Crippen molar-refractivity contribution in [1.29, 1.82) is 0 Å². The Morgan fingerprint density at radius 2 is 2.05 bits per heavy atom. The number of nitrogens with zero attached hydrogens (tertiary/aromatic N) is 1. The summed E-state index contributed by atoms with van der Waals surface area (Å²) < 4.78 is 6.46. The number of aryl methyl sites for hydroxylation is 1. The Morgan fingerprint density at radius 1 is 1.30 bits per heavy atom. The average molecular weight is 271 g/mol. The number of rotatable bonds is 2. The Kier molecular flexibility index (Phi) is 2.89. The van der Waals surface area contributed by atoms with Gasteiger partial charge in [-0.25, -0.2) is 4.79 Å². The van der Waals surface area contributed by atoms with Crippen molar-refractivity contribution in [3.63, 3.8) is 0 Å². The molecule has 0 N–H and O–H groups in total. The minimum Gasteiger partial charge on any atom is -0.467 e. The monoisotopic (exact) mass is 271 g/mol. The fraction of sp³-hybridized carbons (Fsp3) is 0.375. The van der Waals surface area contributed by atoms with Gasteiger partial charge in [-0.1, -0.05) is 17.7 Å². The first-order valence-corrected chi connectivity index (χ1v) is 6.79. The molecule has 1 aliphatic rings. The highest BCUT2D eigenvalue weighted by atomic mass is 16.5. The van der Waals surface area contributed by atoms with E-state index >= 15 is 0 Å². The van der Waals surface area contributed by atoms with Gasteiger partial charge in [0, 0.05) is 11.6 Å². The second kappa shape index (κ2) is 4.47. The molecule has 20 heavy (non-hydrogen) atoms. The van der Waals surface area contributed by atoms with Crippen molar-refractivity contribution in [2.45, 2.75) is 31.7 Å². The highest BCUT2D eigenvalue weighted by molar-refractivity contribution is 5.84. The maximum Gasteiger partial charge on any atom is 0.332 e. The molecular formula is C16H17NO3. The molecule has 4 nitrogen and oxygen atoms in total. The van der Waals surface area contributed by atoms with Crippen LogP contribution in [0.15, 0.2) is 35.3 Å². The largest absolute Gasteiger partial charge is 0.467 e. The number of methoxy groups -OCH3 is 1. The Morgan fingerprint density at radius 3 is 2.65 bits per heavy atom. The summed E-state index contributed by atoms with van der Waals surface area (Å²) in [7, 11) is 1.37. The molecule has 0 saturated heterocycles. The van der Waals surface area contributed by atoms with Crippen molar-refractivity contribution < 1.29 is 9.53 Å². The molecule has 1 aromatic heterocycles. The fourth-order valence-corrected chi connectivity index (χ4v) is 2.94. The lowest BCUT2D eigenvalue weighted by molar-refractivity contribution is -0.156. The van der Waals surface area contributed by atoms with Crippen molar-refractivity contribution in [2.75, 3.05) is 7.11 Å². The Hall–Kier alpha value is -2.10. The molecule has 0 atom stereocenters. The highest BCUT2D eigenvalue weighted by Crippen LogP contribution is 2.39. The molecule has 2 aromatic rings. The number of esters is 1. The summed E-state index contributed by atoms with van der Waals surface area (Å²) in [4.78, 5) is 24.8. The van der Waals surface area contributed by atoms with E-state index in [4.69, 9.17) is 4.74 Å². The van der Waals surface area contributed by atoms with Gasteiger partial charge in [0.2, 0.25) is 0 Å². The smallest absolute Gasteiger partial charge is 0.332 e. The molecule has 4 heteroatoms. The van der Waals surface area contributed by atoms with Gasteiger partial charge in [0.15, 0.2) is 0 Å². The molecule has 1 aliphatic carbocycles. The van der Waals surface area contributed by atoms with Crippen LogP contribution in [-0.4, -0.2) is 17.6 Å². The van der Waals surface area contributed by atoms with Crippen LogP contribution in [-0.2, 0) is 15.1 Å². The van der Waals surface area contributed by atoms with Crippen molar-refractivity contribution in [3.8, 4) is 0 Å². The van der Waals surface area contributed by atoms with Gasteiger partial charge in [-0.05, 0) is 43.7 Å². The third kappa shape index (κ3) is 1.68. The minimum atomic E-state index is -0.802. The number of hydrogen-bond donors (Lipinski definition) is 0. The third-order valence-corrected chi connectivity index (χ3v) is 4.27. The molecule has 0 aliphatic heterocycles. The van der Waals surface area contributed by atoms with Crippen LogP contribution in [0.4, 0.5) is 0 Å². The van der Waals surface area contributed by atoms with Crippen LogP contribution in [0.2, 0.25) is 0 Å². The number of fused-ring (bicyclic) bond motifs is 1. The number of pyridine rings is 1. The van der Waals surface area contributed by atoms with E-state index in [2.05, 4.69) is 0 Å². The average Bonchev–Trinajstić information content (AvgIpc) is 2.40. The van der Waals surface area contributed by atoms with E-state index in [1.54, 1.807) is 10.8 Å².